The van der Waals surface area contributed by atoms with Crippen molar-refractivity contribution in [2.45, 2.75) is 19.5 Å². The van der Waals surface area contributed by atoms with Crippen molar-refractivity contribution in [1.29, 1.82) is 0 Å². The Balaban J connectivity index is 2.45. The van der Waals surface area contributed by atoms with E-state index in [1.54, 1.807) is 12.3 Å². The van der Waals surface area contributed by atoms with E-state index in [0.717, 1.165) is 0 Å². The van der Waals surface area contributed by atoms with Crippen molar-refractivity contribution in [3.63, 3.8) is 0 Å². The lowest BCUT2D eigenvalue weighted by Crippen LogP contribution is -2.47. The molecule has 92 valence electrons. The van der Waals surface area contributed by atoms with Crippen LogP contribution >= 0.6 is 12.6 Å². The first kappa shape index (κ1) is 13.4. The van der Waals surface area contributed by atoms with Gasteiger partial charge in [0.05, 0.1) is 12.2 Å². The van der Waals surface area contributed by atoms with Crippen LogP contribution in [0.2, 0.25) is 0 Å². The number of hydrogen-bond acceptors (Lipinski definition) is 5. The van der Waals surface area contributed by atoms with Gasteiger partial charge in [0.25, 0.3) is 0 Å². The van der Waals surface area contributed by atoms with E-state index >= 15 is 0 Å². The molecule has 0 saturated carbocycles. The molecule has 1 heterocycles. The maximum Gasteiger partial charge on any atom is 0.243 e. The van der Waals surface area contributed by atoms with Gasteiger partial charge in [0.1, 0.15) is 12.4 Å². The van der Waals surface area contributed by atoms with Crippen LogP contribution in [0.4, 0.5) is 0 Å². The highest BCUT2D eigenvalue weighted by Gasteiger charge is 2.17. The number of nitrogens with one attached hydrogen (secondary N) is 2. The summed E-state index contributed by atoms with van der Waals surface area (Å²) in [5.41, 5.74) is 0.703. The second-order valence-electron chi connectivity index (χ2n) is 3.35. The topological polar surface area (TPSA) is 84.0 Å². The van der Waals surface area contributed by atoms with Crippen LogP contribution in [0.25, 0.3) is 0 Å². The van der Waals surface area contributed by atoms with Crippen molar-refractivity contribution >= 4 is 24.4 Å². The molecule has 6 nitrogen and oxygen atoms in total. The minimum atomic E-state index is -0.627. The number of carbonyl (C=O) groups excluding carboxylic acids is 2. The van der Waals surface area contributed by atoms with Crippen molar-refractivity contribution in [1.82, 2.24) is 20.6 Å². The molecule has 1 atom stereocenters. The molecule has 1 rings (SSSR count). The van der Waals surface area contributed by atoms with Gasteiger partial charge in [-0.1, -0.05) is 0 Å². The summed E-state index contributed by atoms with van der Waals surface area (Å²) >= 11 is 4.01. The highest BCUT2D eigenvalue weighted by Crippen LogP contribution is 1.93. The molecule has 0 spiro atoms. The van der Waals surface area contributed by atoms with Crippen molar-refractivity contribution < 1.29 is 9.59 Å². The van der Waals surface area contributed by atoms with E-state index in [4.69, 9.17) is 0 Å². The van der Waals surface area contributed by atoms with Gasteiger partial charge in [0.2, 0.25) is 11.8 Å². The third-order valence-corrected chi connectivity index (χ3v) is 2.33. The molecular weight excluding hydrogens is 240 g/mol. The summed E-state index contributed by atoms with van der Waals surface area (Å²) < 4.78 is 0. The van der Waals surface area contributed by atoms with Crippen LogP contribution in [0.3, 0.4) is 0 Å². The number of nitrogens with zero attached hydrogens (tertiary/aromatic N) is 2. The molecule has 0 aliphatic carbocycles. The third kappa shape index (κ3) is 4.81. The normalized spacial score (nSPS) is 11.6. The van der Waals surface area contributed by atoms with Crippen molar-refractivity contribution in [3.8, 4) is 0 Å². The molecule has 0 saturated heterocycles. The Hall–Kier alpha value is -1.63. The van der Waals surface area contributed by atoms with Crippen LogP contribution in [-0.2, 0) is 16.1 Å². The average Bonchev–Trinajstić information content (AvgIpc) is 2.34. The van der Waals surface area contributed by atoms with Gasteiger partial charge in [-0.25, -0.2) is 9.97 Å². The van der Waals surface area contributed by atoms with Crippen molar-refractivity contribution in [2.75, 3.05) is 5.75 Å². The fourth-order valence-corrected chi connectivity index (χ4v) is 1.42. The van der Waals surface area contributed by atoms with Gasteiger partial charge in [0, 0.05) is 18.9 Å². The lowest BCUT2D eigenvalue weighted by molar-refractivity contribution is -0.127. The molecule has 0 aliphatic rings. The summed E-state index contributed by atoms with van der Waals surface area (Å²) in [5.74, 6) is -0.301. The van der Waals surface area contributed by atoms with Crippen LogP contribution < -0.4 is 10.6 Å². The molecule has 0 radical (unpaired) electrons. The van der Waals surface area contributed by atoms with Gasteiger partial charge < -0.3 is 10.6 Å². The zero-order chi connectivity index (χ0) is 12.7. The molecule has 17 heavy (non-hydrogen) atoms. The Bertz CT molecular complexity index is 385. The quantitative estimate of drug-likeness (QED) is 0.620. The van der Waals surface area contributed by atoms with Crippen molar-refractivity contribution in [2.24, 2.45) is 0 Å². The summed E-state index contributed by atoms with van der Waals surface area (Å²) in [6, 6.07) is 1.08. The number of carbonyl (C=O) groups is 2. The largest absolute Gasteiger partial charge is 0.349 e. The third-order valence-electron chi connectivity index (χ3n) is 1.96. The Kier molecular flexibility index (Phi) is 5.41. The lowest BCUT2D eigenvalue weighted by atomic mass is 10.3. The monoisotopic (exact) mass is 254 g/mol. The molecular formula is C10H14N4O2S. The predicted molar refractivity (Wildman–Crippen MR) is 65.3 cm³/mol. The first-order valence-corrected chi connectivity index (χ1v) is 5.67. The SMILES string of the molecule is CC(=O)NC(CS)C(=O)NCc1ccncn1. The van der Waals surface area contributed by atoms with Crippen LogP contribution in [-0.4, -0.2) is 33.6 Å². The van der Waals surface area contributed by atoms with E-state index in [1.807, 2.05) is 0 Å². The Morgan fingerprint density at radius 2 is 2.29 bits per heavy atom. The van der Waals surface area contributed by atoms with E-state index in [9.17, 15) is 9.59 Å². The van der Waals surface area contributed by atoms with Crippen LogP contribution in [0.5, 0.6) is 0 Å². The second-order valence-corrected chi connectivity index (χ2v) is 3.72. The van der Waals surface area contributed by atoms with Gasteiger partial charge in [-0.3, -0.25) is 9.59 Å². The van der Waals surface area contributed by atoms with E-state index in [0.29, 0.717) is 12.2 Å². The summed E-state index contributed by atoms with van der Waals surface area (Å²) in [6.07, 6.45) is 3.00. The van der Waals surface area contributed by atoms with Crippen LogP contribution in [0.15, 0.2) is 18.6 Å². The Morgan fingerprint density at radius 3 is 2.82 bits per heavy atom. The van der Waals surface area contributed by atoms with Gasteiger partial charge >= 0.3 is 0 Å². The number of hydrogen-bond donors (Lipinski definition) is 3. The Labute approximate surface area is 105 Å². The molecule has 7 heteroatoms. The summed E-state index contributed by atoms with van der Waals surface area (Å²) in [7, 11) is 0. The van der Waals surface area contributed by atoms with Crippen molar-refractivity contribution in [3.05, 3.63) is 24.3 Å². The molecule has 2 amide bonds. The molecule has 0 aliphatic heterocycles. The molecule has 0 aromatic carbocycles. The number of amides is 2. The maximum absolute atomic E-state index is 11.7. The fourth-order valence-electron chi connectivity index (χ4n) is 1.16. The number of thiol groups is 1. The highest BCUT2D eigenvalue weighted by molar-refractivity contribution is 7.80. The first-order chi connectivity index (χ1) is 8.13. The second kappa shape index (κ2) is 6.85. The Morgan fingerprint density at radius 1 is 1.53 bits per heavy atom. The first-order valence-electron chi connectivity index (χ1n) is 5.04. The average molecular weight is 254 g/mol. The van der Waals surface area contributed by atoms with E-state index in [-0.39, 0.29) is 17.6 Å². The van der Waals surface area contributed by atoms with Gasteiger partial charge in [-0.15, -0.1) is 0 Å². The van der Waals surface area contributed by atoms with Crippen LogP contribution in [0, 0.1) is 0 Å². The van der Waals surface area contributed by atoms with Gasteiger partial charge in [-0.05, 0) is 6.07 Å². The number of rotatable bonds is 5. The van der Waals surface area contributed by atoms with E-state index in [2.05, 4.69) is 33.2 Å². The minimum absolute atomic E-state index is 0.245. The lowest BCUT2D eigenvalue weighted by Gasteiger charge is -2.14. The zero-order valence-corrected chi connectivity index (χ0v) is 10.3. The maximum atomic E-state index is 11.7. The van der Waals surface area contributed by atoms with Crippen LogP contribution in [0.1, 0.15) is 12.6 Å². The number of aromatic nitrogens is 2. The molecule has 1 aromatic heterocycles. The smallest absolute Gasteiger partial charge is 0.243 e. The summed E-state index contributed by atoms with van der Waals surface area (Å²) in [6.45, 7) is 1.65. The highest BCUT2D eigenvalue weighted by atomic mass is 32.1. The predicted octanol–water partition coefficient (Wildman–Crippen LogP) is -0.473. The zero-order valence-electron chi connectivity index (χ0n) is 9.38. The standard InChI is InChI=1S/C10H14N4O2S/c1-7(15)14-9(5-17)10(16)12-4-8-2-3-11-6-13-8/h2-3,6,9,17H,4-5H2,1H3,(H,12,16)(H,14,15). The van der Waals surface area contributed by atoms with Gasteiger partial charge in [0.15, 0.2) is 0 Å². The minimum Gasteiger partial charge on any atom is -0.349 e. The molecule has 1 unspecified atom stereocenters. The molecule has 0 bridgehead atoms. The molecule has 1 aromatic rings. The summed E-state index contributed by atoms with van der Waals surface area (Å²) in [4.78, 5) is 30.2. The summed E-state index contributed by atoms with van der Waals surface area (Å²) in [5, 5.41) is 5.17. The van der Waals surface area contributed by atoms with E-state index < -0.39 is 6.04 Å². The fraction of sp³-hybridized carbons (Fsp3) is 0.400. The molecule has 2 N–H and O–H groups in total. The van der Waals surface area contributed by atoms with E-state index in [1.165, 1.54) is 13.3 Å². The molecule has 0 fully saturated rings. The van der Waals surface area contributed by atoms with Gasteiger partial charge in [-0.2, -0.15) is 12.6 Å².